The van der Waals surface area contributed by atoms with Crippen LogP contribution in [-0.4, -0.2) is 30.8 Å². The Bertz CT molecular complexity index is 729. The minimum absolute atomic E-state index is 0.0179. The van der Waals surface area contributed by atoms with Gasteiger partial charge in [0.25, 0.3) is 0 Å². The van der Waals surface area contributed by atoms with Gasteiger partial charge < -0.3 is 5.11 Å². The molecule has 0 radical (unpaired) electrons. The van der Waals surface area contributed by atoms with Crippen molar-refractivity contribution in [2.45, 2.75) is 18.4 Å². The van der Waals surface area contributed by atoms with E-state index in [2.05, 4.69) is 0 Å². The van der Waals surface area contributed by atoms with Gasteiger partial charge in [-0.2, -0.15) is 4.31 Å². The molecule has 0 saturated carbocycles. The molecular formula is C12H13NO4S3. The van der Waals surface area contributed by atoms with Gasteiger partial charge in [0.05, 0.1) is 4.90 Å². The molecule has 8 heteroatoms. The van der Waals surface area contributed by atoms with E-state index < -0.39 is 16.0 Å². The Hall–Kier alpha value is -1.22. The molecule has 0 atom stereocenters. The number of nitrogens with zero attached hydrogens (tertiary/aromatic N) is 1. The topological polar surface area (TPSA) is 74.7 Å². The Labute approximate surface area is 125 Å². The van der Waals surface area contributed by atoms with Crippen molar-refractivity contribution in [3.05, 3.63) is 38.2 Å². The van der Waals surface area contributed by atoms with Gasteiger partial charge >= 0.3 is 5.97 Å². The molecule has 5 nitrogen and oxygen atoms in total. The Morgan fingerprint density at radius 2 is 2.10 bits per heavy atom. The minimum atomic E-state index is -3.66. The van der Waals surface area contributed by atoms with Gasteiger partial charge in [-0.3, -0.25) is 0 Å². The maximum atomic E-state index is 12.3. The van der Waals surface area contributed by atoms with Gasteiger partial charge in [0.2, 0.25) is 10.0 Å². The lowest BCUT2D eigenvalue weighted by Gasteiger charge is -2.15. The fourth-order valence-corrected chi connectivity index (χ4v) is 4.88. The van der Waals surface area contributed by atoms with Crippen LogP contribution in [-0.2, 0) is 16.6 Å². The van der Waals surface area contributed by atoms with E-state index in [1.165, 1.54) is 34.1 Å². The van der Waals surface area contributed by atoms with Crippen molar-refractivity contribution in [2.24, 2.45) is 0 Å². The van der Waals surface area contributed by atoms with Crippen LogP contribution >= 0.6 is 22.7 Å². The van der Waals surface area contributed by atoms with Crippen molar-refractivity contribution in [2.75, 3.05) is 7.05 Å². The normalized spacial score (nSPS) is 11.9. The summed E-state index contributed by atoms with van der Waals surface area (Å²) in [6.45, 7) is 2.21. The summed E-state index contributed by atoms with van der Waals surface area (Å²) in [6.07, 6.45) is 0. The number of hydrogen-bond donors (Lipinski definition) is 1. The van der Waals surface area contributed by atoms with Gasteiger partial charge in [-0.25, -0.2) is 13.2 Å². The van der Waals surface area contributed by atoms with Crippen molar-refractivity contribution in [1.82, 2.24) is 4.31 Å². The lowest BCUT2D eigenvalue weighted by molar-refractivity contribution is 0.0702. The number of rotatable bonds is 5. The van der Waals surface area contributed by atoms with E-state index in [0.717, 1.165) is 21.8 Å². The van der Waals surface area contributed by atoms with Crippen LogP contribution in [0.5, 0.6) is 0 Å². The molecule has 0 aliphatic heterocycles. The molecule has 0 aliphatic carbocycles. The van der Waals surface area contributed by atoms with Crippen LogP contribution in [0.15, 0.2) is 27.8 Å². The highest BCUT2D eigenvalue weighted by molar-refractivity contribution is 7.89. The minimum Gasteiger partial charge on any atom is -0.477 e. The number of thiophene rings is 2. The predicted molar refractivity (Wildman–Crippen MR) is 79.0 cm³/mol. The maximum Gasteiger partial charge on any atom is 0.345 e. The third-order valence-electron chi connectivity index (χ3n) is 2.83. The van der Waals surface area contributed by atoms with Crippen LogP contribution in [0.25, 0.3) is 0 Å². The van der Waals surface area contributed by atoms with Gasteiger partial charge in [0, 0.05) is 23.8 Å². The van der Waals surface area contributed by atoms with E-state index >= 15 is 0 Å². The second kappa shape index (κ2) is 5.65. The summed E-state index contributed by atoms with van der Waals surface area (Å²) in [4.78, 5) is 11.8. The zero-order valence-corrected chi connectivity index (χ0v) is 13.3. The summed E-state index contributed by atoms with van der Waals surface area (Å²) in [5, 5.41) is 12.1. The second-order valence-corrected chi connectivity index (χ2v) is 8.20. The highest BCUT2D eigenvalue weighted by atomic mass is 32.2. The standard InChI is InChI=1S/C12H13NO4S3/c1-8-3-4-18-11(8)6-13(2)20(16,17)9-5-10(12(14)15)19-7-9/h3-5,7H,6H2,1-2H3,(H,14,15). The monoisotopic (exact) mass is 331 g/mol. The van der Waals surface area contributed by atoms with Crippen molar-refractivity contribution in [3.63, 3.8) is 0 Å². The lowest BCUT2D eigenvalue weighted by Crippen LogP contribution is -2.26. The van der Waals surface area contributed by atoms with Crippen molar-refractivity contribution < 1.29 is 18.3 Å². The number of carboxylic acids is 1. The molecule has 0 unspecified atom stereocenters. The smallest absolute Gasteiger partial charge is 0.345 e. The van der Waals surface area contributed by atoms with E-state index in [-0.39, 0.29) is 16.3 Å². The van der Waals surface area contributed by atoms with Gasteiger partial charge in [-0.05, 0) is 30.0 Å². The lowest BCUT2D eigenvalue weighted by atomic mass is 10.3. The summed E-state index contributed by atoms with van der Waals surface area (Å²) in [5.41, 5.74) is 1.05. The van der Waals surface area contributed by atoms with E-state index in [4.69, 9.17) is 5.11 Å². The molecule has 20 heavy (non-hydrogen) atoms. The van der Waals surface area contributed by atoms with Crippen molar-refractivity contribution in [1.29, 1.82) is 0 Å². The predicted octanol–water partition coefficient (Wildman–Crippen LogP) is 2.64. The van der Waals surface area contributed by atoms with E-state index in [0.29, 0.717) is 0 Å². The molecule has 0 aliphatic rings. The first kappa shape index (κ1) is 15.2. The van der Waals surface area contributed by atoms with Crippen LogP contribution in [0.4, 0.5) is 0 Å². The van der Waals surface area contributed by atoms with Crippen LogP contribution in [0.1, 0.15) is 20.1 Å². The van der Waals surface area contributed by atoms with Gasteiger partial charge in [-0.1, -0.05) is 0 Å². The average Bonchev–Trinajstić information content (AvgIpc) is 2.99. The van der Waals surface area contributed by atoms with E-state index in [1.807, 2.05) is 18.4 Å². The Kier molecular flexibility index (Phi) is 4.28. The SMILES string of the molecule is Cc1ccsc1CN(C)S(=O)(=O)c1csc(C(=O)O)c1. The zero-order valence-electron chi connectivity index (χ0n) is 10.9. The molecule has 0 amide bonds. The largest absolute Gasteiger partial charge is 0.477 e. The molecule has 0 spiro atoms. The fraction of sp³-hybridized carbons (Fsp3) is 0.250. The summed E-state index contributed by atoms with van der Waals surface area (Å²) < 4.78 is 25.9. The fourth-order valence-electron chi connectivity index (χ4n) is 1.60. The third-order valence-corrected chi connectivity index (χ3v) is 6.69. The van der Waals surface area contributed by atoms with Gasteiger partial charge in [0.15, 0.2) is 0 Å². The van der Waals surface area contributed by atoms with Gasteiger partial charge in [-0.15, -0.1) is 22.7 Å². The van der Waals surface area contributed by atoms with E-state index in [9.17, 15) is 13.2 Å². The maximum absolute atomic E-state index is 12.3. The summed E-state index contributed by atoms with van der Waals surface area (Å²) in [5.74, 6) is -1.12. The number of carbonyl (C=O) groups is 1. The quantitative estimate of drug-likeness (QED) is 0.914. The van der Waals surface area contributed by atoms with Crippen LogP contribution in [0.3, 0.4) is 0 Å². The number of hydrogen-bond acceptors (Lipinski definition) is 5. The van der Waals surface area contributed by atoms with Crippen LogP contribution in [0.2, 0.25) is 0 Å². The molecule has 0 fully saturated rings. The molecule has 0 aromatic carbocycles. The Balaban J connectivity index is 2.25. The molecule has 2 rings (SSSR count). The molecule has 2 aromatic rings. The molecule has 0 saturated heterocycles. The number of sulfonamides is 1. The summed E-state index contributed by atoms with van der Waals surface area (Å²) in [6, 6.07) is 3.13. The highest BCUT2D eigenvalue weighted by Gasteiger charge is 2.24. The van der Waals surface area contributed by atoms with Crippen LogP contribution < -0.4 is 0 Å². The van der Waals surface area contributed by atoms with Gasteiger partial charge in [0.1, 0.15) is 4.88 Å². The number of carboxylic acid groups (broad SMARTS) is 1. The second-order valence-electron chi connectivity index (χ2n) is 4.24. The molecule has 108 valence electrons. The first-order chi connectivity index (χ1) is 9.32. The average molecular weight is 331 g/mol. The van der Waals surface area contributed by atoms with E-state index in [1.54, 1.807) is 0 Å². The molecule has 0 bridgehead atoms. The third kappa shape index (κ3) is 2.93. The molecule has 2 heterocycles. The summed E-state index contributed by atoms with van der Waals surface area (Å²) >= 11 is 2.41. The highest BCUT2D eigenvalue weighted by Crippen LogP contribution is 2.25. The van der Waals surface area contributed by atoms with Crippen LogP contribution in [0, 0.1) is 6.92 Å². The number of aryl methyl sites for hydroxylation is 1. The summed E-state index contributed by atoms with van der Waals surface area (Å²) in [7, 11) is -2.16. The Morgan fingerprint density at radius 3 is 2.60 bits per heavy atom. The van der Waals surface area contributed by atoms with Crippen molar-refractivity contribution in [3.8, 4) is 0 Å². The first-order valence-corrected chi connectivity index (χ1v) is 8.83. The number of aromatic carboxylic acids is 1. The molecule has 1 N–H and O–H groups in total. The first-order valence-electron chi connectivity index (χ1n) is 5.63. The molecule has 2 aromatic heterocycles. The zero-order chi connectivity index (χ0) is 14.9. The Morgan fingerprint density at radius 1 is 1.40 bits per heavy atom. The van der Waals surface area contributed by atoms with Crippen molar-refractivity contribution >= 4 is 38.7 Å². The molecular weight excluding hydrogens is 318 g/mol.